The molecule has 0 bridgehead atoms. The van der Waals surface area contributed by atoms with Gasteiger partial charge in [-0.05, 0) is 36.7 Å². The maximum absolute atomic E-state index is 12.4. The second-order valence-corrected chi connectivity index (χ2v) is 6.20. The first-order valence-electron chi connectivity index (χ1n) is 7.66. The van der Waals surface area contributed by atoms with Crippen LogP contribution in [-0.4, -0.2) is 29.9 Å². The van der Waals surface area contributed by atoms with Gasteiger partial charge in [-0.15, -0.1) is 12.4 Å². The highest BCUT2D eigenvalue weighted by Gasteiger charge is 2.27. The average Bonchev–Trinajstić information content (AvgIpc) is 2.47. The van der Waals surface area contributed by atoms with Crippen LogP contribution in [0.15, 0.2) is 30.3 Å². The summed E-state index contributed by atoms with van der Waals surface area (Å²) in [6, 6.07) is 9.60. The number of amides is 1. The first-order valence-corrected chi connectivity index (χ1v) is 7.66. The van der Waals surface area contributed by atoms with Crippen molar-refractivity contribution in [2.75, 3.05) is 13.1 Å². The third-order valence-electron chi connectivity index (χ3n) is 4.41. The van der Waals surface area contributed by atoms with Crippen LogP contribution in [0.5, 0.6) is 0 Å². The van der Waals surface area contributed by atoms with Gasteiger partial charge in [-0.2, -0.15) is 0 Å². The van der Waals surface area contributed by atoms with E-state index >= 15 is 0 Å². The summed E-state index contributed by atoms with van der Waals surface area (Å²) in [7, 11) is 0. The summed E-state index contributed by atoms with van der Waals surface area (Å²) in [4.78, 5) is 14.3. The zero-order chi connectivity index (χ0) is 14.5. The molecule has 0 radical (unpaired) electrons. The lowest BCUT2D eigenvalue weighted by molar-refractivity contribution is -0.134. The highest BCUT2D eigenvalue weighted by Crippen LogP contribution is 2.24. The molecule has 1 fully saturated rings. The summed E-state index contributed by atoms with van der Waals surface area (Å²) in [5.41, 5.74) is 7.21. The van der Waals surface area contributed by atoms with Crippen LogP contribution in [0, 0.1) is 11.8 Å². The minimum absolute atomic E-state index is 0. The summed E-state index contributed by atoms with van der Waals surface area (Å²) in [5, 5.41) is 0. The lowest BCUT2D eigenvalue weighted by atomic mass is 9.86. The largest absolute Gasteiger partial charge is 0.341 e. The van der Waals surface area contributed by atoms with Crippen LogP contribution in [0.1, 0.15) is 32.3 Å². The van der Waals surface area contributed by atoms with Crippen molar-refractivity contribution in [2.24, 2.45) is 17.6 Å². The third-order valence-corrected chi connectivity index (χ3v) is 4.41. The van der Waals surface area contributed by atoms with Crippen molar-refractivity contribution in [3.63, 3.8) is 0 Å². The van der Waals surface area contributed by atoms with Gasteiger partial charge in [-0.3, -0.25) is 4.79 Å². The van der Waals surface area contributed by atoms with Gasteiger partial charge in [0.15, 0.2) is 0 Å². The molecule has 21 heavy (non-hydrogen) atoms. The molecular formula is C17H27ClN2O. The number of hydrogen-bond donors (Lipinski definition) is 1. The Morgan fingerprint density at radius 3 is 2.33 bits per heavy atom. The van der Waals surface area contributed by atoms with Crippen molar-refractivity contribution in [1.29, 1.82) is 0 Å². The SMILES string of the molecule is CC(C)C1CCN(C(=O)C(N)Cc2ccccc2)CC1.Cl. The van der Waals surface area contributed by atoms with Gasteiger partial charge in [-0.25, -0.2) is 0 Å². The number of rotatable bonds is 4. The molecule has 0 aliphatic carbocycles. The van der Waals surface area contributed by atoms with Crippen molar-refractivity contribution in [1.82, 2.24) is 4.90 Å². The fraction of sp³-hybridized carbons (Fsp3) is 0.588. The van der Waals surface area contributed by atoms with Gasteiger partial charge in [0.25, 0.3) is 0 Å². The molecule has 4 heteroatoms. The molecule has 2 rings (SSSR count). The lowest BCUT2D eigenvalue weighted by Gasteiger charge is -2.35. The maximum Gasteiger partial charge on any atom is 0.239 e. The second-order valence-electron chi connectivity index (χ2n) is 6.20. The molecule has 0 aromatic heterocycles. The summed E-state index contributed by atoms with van der Waals surface area (Å²) in [6.07, 6.45) is 2.85. The van der Waals surface area contributed by atoms with E-state index in [9.17, 15) is 4.79 Å². The number of benzene rings is 1. The zero-order valence-corrected chi connectivity index (χ0v) is 13.8. The minimum atomic E-state index is -0.409. The first-order chi connectivity index (χ1) is 9.58. The normalized spacial score (nSPS) is 17.4. The van der Waals surface area contributed by atoms with Crippen LogP contribution in [0.4, 0.5) is 0 Å². The molecule has 1 heterocycles. The van der Waals surface area contributed by atoms with Gasteiger partial charge in [0, 0.05) is 13.1 Å². The van der Waals surface area contributed by atoms with Crippen LogP contribution in [-0.2, 0) is 11.2 Å². The molecule has 1 aliphatic rings. The van der Waals surface area contributed by atoms with Crippen molar-refractivity contribution in [2.45, 2.75) is 39.2 Å². The summed E-state index contributed by atoms with van der Waals surface area (Å²) < 4.78 is 0. The molecule has 0 saturated carbocycles. The van der Waals surface area contributed by atoms with E-state index in [1.807, 2.05) is 35.2 Å². The van der Waals surface area contributed by atoms with Crippen LogP contribution in [0.2, 0.25) is 0 Å². The molecule has 1 atom stereocenters. The molecule has 0 spiro atoms. The van der Waals surface area contributed by atoms with E-state index in [1.54, 1.807) is 0 Å². The fourth-order valence-electron chi connectivity index (χ4n) is 2.98. The number of carbonyl (C=O) groups is 1. The topological polar surface area (TPSA) is 46.3 Å². The highest BCUT2D eigenvalue weighted by molar-refractivity contribution is 5.85. The monoisotopic (exact) mass is 310 g/mol. The highest BCUT2D eigenvalue weighted by atomic mass is 35.5. The Hall–Kier alpha value is -1.06. The average molecular weight is 311 g/mol. The molecule has 1 saturated heterocycles. The summed E-state index contributed by atoms with van der Waals surface area (Å²) in [5.74, 6) is 1.57. The van der Waals surface area contributed by atoms with Gasteiger partial charge in [0.2, 0.25) is 5.91 Å². The molecule has 1 aromatic rings. The number of hydrogen-bond acceptors (Lipinski definition) is 2. The van der Waals surface area contributed by atoms with E-state index in [0.29, 0.717) is 12.3 Å². The Morgan fingerprint density at radius 2 is 1.81 bits per heavy atom. The van der Waals surface area contributed by atoms with Crippen molar-refractivity contribution in [3.8, 4) is 0 Å². The molecule has 118 valence electrons. The van der Waals surface area contributed by atoms with Crippen molar-refractivity contribution < 1.29 is 4.79 Å². The van der Waals surface area contributed by atoms with Gasteiger partial charge in [0.05, 0.1) is 6.04 Å². The van der Waals surface area contributed by atoms with Crippen molar-refractivity contribution >= 4 is 18.3 Å². The van der Waals surface area contributed by atoms with E-state index in [2.05, 4.69) is 13.8 Å². The van der Waals surface area contributed by atoms with E-state index in [-0.39, 0.29) is 18.3 Å². The van der Waals surface area contributed by atoms with Gasteiger partial charge >= 0.3 is 0 Å². The summed E-state index contributed by atoms with van der Waals surface area (Å²) >= 11 is 0. The van der Waals surface area contributed by atoms with E-state index in [0.717, 1.165) is 37.4 Å². The number of piperidine rings is 1. The molecule has 1 amide bonds. The van der Waals surface area contributed by atoms with Crippen LogP contribution in [0.25, 0.3) is 0 Å². The minimum Gasteiger partial charge on any atom is -0.341 e. The molecule has 1 aliphatic heterocycles. The Labute approximate surface area is 134 Å². The Bertz CT molecular complexity index is 428. The quantitative estimate of drug-likeness (QED) is 0.929. The predicted molar refractivity (Wildman–Crippen MR) is 89.5 cm³/mol. The van der Waals surface area contributed by atoms with Crippen molar-refractivity contribution in [3.05, 3.63) is 35.9 Å². The number of nitrogens with zero attached hydrogens (tertiary/aromatic N) is 1. The Kier molecular flexibility index (Phi) is 7.20. The molecule has 3 nitrogen and oxygen atoms in total. The molecule has 2 N–H and O–H groups in total. The van der Waals surface area contributed by atoms with E-state index in [4.69, 9.17) is 5.73 Å². The standard InChI is InChI=1S/C17H26N2O.ClH/c1-13(2)15-8-10-19(11-9-15)17(20)16(18)12-14-6-4-3-5-7-14;/h3-7,13,15-16H,8-12,18H2,1-2H3;1H. The summed E-state index contributed by atoms with van der Waals surface area (Å²) in [6.45, 7) is 6.26. The molecule has 1 unspecified atom stereocenters. The fourth-order valence-corrected chi connectivity index (χ4v) is 2.98. The number of carbonyl (C=O) groups excluding carboxylic acids is 1. The number of nitrogens with two attached hydrogens (primary N) is 1. The first kappa shape index (κ1) is 18.0. The second kappa shape index (κ2) is 8.40. The molecular weight excluding hydrogens is 284 g/mol. The van der Waals surface area contributed by atoms with Gasteiger partial charge in [0.1, 0.15) is 0 Å². The van der Waals surface area contributed by atoms with Crippen LogP contribution < -0.4 is 5.73 Å². The zero-order valence-electron chi connectivity index (χ0n) is 13.0. The Balaban J connectivity index is 0.00000220. The van der Waals surface area contributed by atoms with Crippen LogP contribution >= 0.6 is 12.4 Å². The van der Waals surface area contributed by atoms with Gasteiger partial charge < -0.3 is 10.6 Å². The smallest absolute Gasteiger partial charge is 0.239 e. The number of likely N-dealkylation sites (tertiary alicyclic amines) is 1. The van der Waals surface area contributed by atoms with Crippen LogP contribution in [0.3, 0.4) is 0 Å². The Morgan fingerprint density at radius 1 is 1.24 bits per heavy atom. The lowest BCUT2D eigenvalue weighted by Crippen LogP contribution is -2.48. The predicted octanol–water partition coefficient (Wildman–Crippen LogP) is 2.87. The third kappa shape index (κ3) is 5.01. The number of halogens is 1. The molecule has 1 aromatic carbocycles. The van der Waals surface area contributed by atoms with E-state index < -0.39 is 6.04 Å². The van der Waals surface area contributed by atoms with Gasteiger partial charge in [-0.1, -0.05) is 44.2 Å². The maximum atomic E-state index is 12.4. The van der Waals surface area contributed by atoms with E-state index in [1.165, 1.54) is 0 Å².